The molecule has 3 heteroatoms. The summed E-state index contributed by atoms with van der Waals surface area (Å²) < 4.78 is 0. The number of aromatic nitrogens is 1. The molecule has 0 aliphatic carbocycles. The molecule has 0 unspecified atom stereocenters. The van der Waals surface area contributed by atoms with Crippen molar-refractivity contribution >= 4 is 5.69 Å². The van der Waals surface area contributed by atoms with E-state index in [0.29, 0.717) is 11.3 Å². The Morgan fingerprint density at radius 2 is 1.93 bits per heavy atom. The average molecular weight is 196 g/mol. The van der Waals surface area contributed by atoms with E-state index in [0.717, 1.165) is 5.56 Å². The maximum atomic E-state index is 11.5. The van der Waals surface area contributed by atoms with Gasteiger partial charge in [0.1, 0.15) is 0 Å². The number of pyridine rings is 1. The van der Waals surface area contributed by atoms with Gasteiger partial charge in [-0.3, -0.25) is 4.79 Å². The molecule has 15 heavy (non-hydrogen) atoms. The SMILES string of the molecule is [C-]#[N+]c1c[nH]c(=O)c(-c2ccccc2)c1. The van der Waals surface area contributed by atoms with E-state index >= 15 is 0 Å². The van der Waals surface area contributed by atoms with Crippen molar-refractivity contribution in [3.8, 4) is 11.1 Å². The first kappa shape index (κ1) is 9.22. The predicted molar refractivity (Wildman–Crippen MR) is 58.8 cm³/mol. The Balaban J connectivity index is 2.64. The highest BCUT2D eigenvalue weighted by Crippen LogP contribution is 2.18. The Bertz CT molecular complexity index is 564. The van der Waals surface area contributed by atoms with E-state index in [-0.39, 0.29) is 5.56 Å². The molecule has 3 nitrogen and oxygen atoms in total. The summed E-state index contributed by atoms with van der Waals surface area (Å²) in [5, 5.41) is 0. The van der Waals surface area contributed by atoms with E-state index < -0.39 is 0 Å². The summed E-state index contributed by atoms with van der Waals surface area (Å²) >= 11 is 0. The second-order valence-corrected chi connectivity index (χ2v) is 3.08. The fourth-order valence-corrected chi connectivity index (χ4v) is 1.37. The van der Waals surface area contributed by atoms with E-state index in [4.69, 9.17) is 6.57 Å². The van der Waals surface area contributed by atoms with E-state index in [9.17, 15) is 4.79 Å². The Labute approximate surface area is 86.8 Å². The lowest BCUT2D eigenvalue weighted by atomic mass is 10.1. The van der Waals surface area contributed by atoms with E-state index in [1.807, 2.05) is 30.3 Å². The van der Waals surface area contributed by atoms with Crippen molar-refractivity contribution in [1.29, 1.82) is 0 Å². The molecule has 0 atom stereocenters. The quantitative estimate of drug-likeness (QED) is 0.699. The minimum absolute atomic E-state index is 0.173. The lowest BCUT2D eigenvalue weighted by Crippen LogP contribution is -2.06. The average Bonchev–Trinajstić information content (AvgIpc) is 2.31. The fraction of sp³-hybridized carbons (Fsp3) is 0. The zero-order chi connectivity index (χ0) is 10.7. The molecule has 0 aliphatic heterocycles. The standard InChI is InChI=1S/C12H8N2O/c1-13-10-7-11(12(15)14-8-10)9-5-3-2-4-6-9/h2-8H,(H,14,15). The molecule has 1 aromatic carbocycles. The van der Waals surface area contributed by atoms with Gasteiger partial charge in [0.25, 0.3) is 5.56 Å². The van der Waals surface area contributed by atoms with Crippen LogP contribution in [0.25, 0.3) is 16.0 Å². The first-order valence-corrected chi connectivity index (χ1v) is 4.47. The molecule has 1 heterocycles. The molecule has 0 fully saturated rings. The van der Waals surface area contributed by atoms with E-state index in [1.54, 1.807) is 6.07 Å². The molecule has 72 valence electrons. The first-order chi connectivity index (χ1) is 7.31. The summed E-state index contributed by atoms with van der Waals surface area (Å²) in [7, 11) is 0. The molecule has 0 amide bonds. The molecule has 0 bridgehead atoms. The molecule has 0 radical (unpaired) electrons. The Kier molecular flexibility index (Phi) is 2.34. The van der Waals surface area contributed by atoms with Gasteiger partial charge in [0.15, 0.2) is 0 Å². The smallest absolute Gasteiger partial charge is 0.253 e. The topological polar surface area (TPSA) is 37.2 Å². The number of hydrogen-bond acceptors (Lipinski definition) is 1. The number of benzene rings is 1. The highest BCUT2D eigenvalue weighted by Gasteiger charge is 2.03. The fourth-order valence-electron chi connectivity index (χ4n) is 1.37. The van der Waals surface area contributed by atoms with Crippen LogP contribution in [0.3, 0.4) is 0 Å². The monoisotopic (exact) mass is 196 g/mol. The molecule has 0 aliphatic rings. The van der Waals surface area contributed by atoms with Crippen LogP contribution in [0, 0.1) is 6.57 Å². The third-order valence-electron chi connectivity index (χ3n) is 2.10. The third-order valence-corrected chi connectivity index (χ3v) is 2.10. The maximum Gasteiger partial charge on any atom is 0.253 e. The Morgan fingerprint density at radius 3 is 2.60 bits per heavy atom. The zero-order valence-corrected chi connectivity index (χ0v) is 7.90. The molecule has 1 N–H and O–H groups in total. The molecule has 0 saturated heterocycles. The lowest BCUT2D eigenvalue weighted by molar-refractivity contribution is 1.25. The van der Waals surface area contributed by atoms with Crippen LogP contribution in [-0.4, -0.2) is 4.98 Å². The predicted octanol–water partition coefficient (Wildman–Crippen LogP) is 2.59. The van der Waals surface area contributed by atoms with E-state index in [1.165, 1.54) is 6.20 Å². The molecular weight excluding hydrogens is 188 g/mol. The Hall–Kier alpha value is -2.34. The van der Waals surface area contributed by atoms with Crippen molar-refractivity contribution in [3.05, 3.63) is 64.4 Å². The van der Waals surface area contributed by atoms with Crippen molar-refractivity contribution in [2.24, 2.45) is 0 Å². The summed E-state index contributed by atoms with van der Waals surface area (Å²) in [6.07, 6.45) is 1.42. The second-order valence-electron chi connectivity index (χ2n) is 3.08. The lowest BCUT2D eigenvalue weighted by Gasteiger charge is -1.99. The highest BCUT2D eigenvalue weighted by atomic mass is 16.1. The van der Waals surface area contributed by atoms with Gasteiger partial charge >= 0.3 is 0 Å². The van der Waals surface area contributed by atoms with Crippen LogP contribution < -0.4 is 5.56 Å². The van der Waals surface area contributed by atoms with Gasteiger partial charge in [-0.15, -0.1) is 0 Å². The third kappa shape index (κ3) is 1.79. The second kappa shape index (κ2) is 3.81. The van der Waals surface area contributed by atoms with Crippen LogP contribution in [-0.2, 0) is 0 Å². The minimum Gasteiger partial charge on any atom is -0.339 e. The zero-order valence-electron chi connectivity index (χ0n) is 7.90. The van der Waals surface area contributed by atoms with Crippen LogP contribution in [0.5, 0.6) is 0 Å². The largest absolute Gasteiger partial charge is 0.339 e. The number of hydrogen-bond donors (Lipinski definition) is 1. The van der Waals surface area contributed by atoms with Gasteiger partial charge in [-0.1, -0.05) is 30.3 Å². The van der Waals surface area contributed by atoms with Crippen LogP contribution in [0.1, 0.15) is 0 Å². The summed E-state index contributed by atoms with van der Waals surface area (Å²) in [6, 6.07) is 10.9. The van der Waals surface area contributed by atoms with Crippen molar-refractivity contribution in [2.75, 3.05) is 0 Å². The van der Waals surface area contributed by atoms with Gasteiger partial charge in [0.2, 0.25) is 5.69 Å². The number of aromatic amines is 1. The number of H-pyrrole nitrogens is 1. The van der Waals surface area contributed by atoms with Gasteiger partial charge in [0.05, 0.1) is 6.57 Å². The molecular formula is C12H8N2O. The molecule has 0 spiro atoms. The van der Waals surface area contributed by atoms with Gasteiger partial charge in [-0.05, 0) is 11.6 Å². The maximum absolute atomic E-state index is 11.5. The van der Waals surface area contributed by atoms with Crippen molar-refractivity contribution in [3.63, 3.8) is 0 Å². The van der Waals surface area contributed by atoms with Crippen LogP contribution in [0.15, 0.2) is 47.4 Å². The minimum atomic E-state index is -0.173. The number of nitrogens with zero attached hydrogens (tertiary/aromatic N) is 1. The van der Waals surface area contributed by atoms with Gasteiger partial charge < -0.3 is 4.98 Å². The van der Waals surface area contributed by atoms with E-state index in [2.05, 4.69) is 9.83 Å². The van der Waals surface area contributed by atoms with Crippen LogP contribution in [0.2, 0.25) is 0 Å². The van der Waals surface area contributed by atoms with Crippen LogP contribution in [0.4, 0.5) is 5.69 Å². The van der Waals surface area contributed by atoms with Crippen LogP contribution >= 0.6 is 0 Å². The van der Waals surface area contributed by atoms with Crippen molar-refractivity contribution in [2.45, 2.75) is 0 Å². The Morgan fingerprint density at radius 1 is 1.20 bits per heavy atom. The normalized spacial score (nSPS) is 9.53. The van der Waals surface area contributed by atoms with Gasteiger partial charge in [-0.2, -0.15) is 0 Å². The number of nitrogens with one attached hydrogen (secondary N) is 1. The molecule has 0 saturated carbocycles. The molecule has 1 aromatic heterocycles. The molecule has 2 rings (SSSR count). The summed E-state index contributed by atoms with van der Waals surface area (Å²) in [6.45, 7) is 6.88. The first-order valence-electron chi connectivity index (χ1n) is 4.47. The number of rotatable bonds is 1. The van der Waals surface area contributed by atoms with Crippen molar-refractivity contribution in [1.82, 2.24) is 4.98 Å². The summed E-state index contributed by atoms with van der Waals surface area (Å²) in [5.74, 6) is 0. The van der Waals surface area contributed by atoms with Crippen molar-refractivity contribution < 1.29 is 0 Å². The summed E-state index contributed by atoms with van der Waals surface area (Å²) in [5.41, 5.74) is 1.62. The summed E-state index contributed by atoms with van der Waals surface area (Å²) in [4.78, 5) is 17.4. The molecule has 2 aromatic rings. The highest BCUT2D eigenvalue weighted by molar-refractivity contribution is 5.66. The van der Waals surface area contributed by atoms with Gasteiger partial charge in [-0.25, -0.2) is 4.85 Å². The van der Waals surface area contributed by atoms with Gasteiger partial charge in [0, 0.05) is 11.8 Å².